The lowest BCUT2D eigenvalue weighted by molar-refractivity contribution is -0.139. The second-order valence-corrected chi connectivity index (χ2v) is 6.64. The Morgan fingerprint density at radius 3 is 2.31 bits per heavy atom. The van der Waals surface area contributed by atoms with Crippen molar-refractivity contribution < 1.29 is 31.9 Å². The van der Waals surface area contributed by atoms with Crippen molar-refractivity contribution in [2.45, 2.75) is 45.4 Å². The zero-order valence-corrected chi connectivity index (χ0v) is 14.8. The van der Waals surface area contributed by atoms with Gasteiger partial charge in [0.25, 0.3) is 0 Å². The number of benzene rings is 1. The van der Waals surface area contributed by atoms with Gasteiger partial charge >= 0.3 is 12.3 Å². The molecule has 26 heavy (non-hydrogen) atoms. The number of carbonyl (C=O) groups excluding carboxylic acids is 2. The summed E-state index contributed by atoms with van der Waals surface area (Å²) in [5.41, 5.74) is 4.62. The molecule has 1 unspecified atom stereocenters. The Labute approximate surface area is 148 Å². The molecular formula is C16H21F4N3O3. The minimum atomic E-state index is -4.56. The van der Waals surface area contributed by atoms with Crippen LogP contribution in [0.15, 0.2) is 12.1 Å². The summed E-state index contributed by atoms with van der Waals surface area (Å²) in [4.78, 5) is 23.5. The predicted molar refractivity (Wildman–Crippen MR) is 88.1 cm³/mol. The standard InChI is InChI=1S/C16H21F4N3O3/c1-8(13(24)22-7-16(18,19)20)9-5-10(17)12(6-11(9)21)23-14(25)26-15(2,3)4/h5-6,8H,7,21H2,1-4H3,(H,22,24)(H,23,25). The maximum Gasteiger partial charge on any atom is 0.412 e. The lowest BCUT2D eigenvalue weighted by atomic mass is 9.97. The maximum atomic E-state index is 14.2. The average molecular weight is 379 g/mol. The van der Waals surface area contributed by atoms with E-state index in [9.17, 15) is 27.2 Å². The fraction of sp³-hybridized carbons (Fsp3) is 0.500. The number of halogens is 4. The van der Waals surface area contributed by atoms with Gasteiger partial charge in [0.1, 0.15) is 18.0 Å². The van der Waals surface area contributed by atoms with Crippen LogP contribution < -0.4 is 16.4 Å². The molecule has 1 aromatic rings. The second-order valence-electron chi connectivity index (χ2n) is 6.64. The van der Waals surface area contributed by atoms with Gasteiger partial charge in [0, 0.05) is 5.69 Å². The minimum absolute atomic E-state index is 0.00286. The normalized spacial score (nSPS) is 13.1. The molecule has 1 rings (SSSR count). The van der Waals surface area contributed by atoms with Gasteiger partial charge in [-0.3, -0.25) is 10.1 Å². The molecule has 146 valence electrons. The summed E-state index contributed by atoms with van der Waals surface area (Å²) in [7, 11) is 0. The lowest BCUT2D eigenvalue weighted by Gasteiger charge is -2.20. The molecule has 0 fully saturated rings. The molecule has 0 aliphatic heterocycles. The monoisotopic (exact) mass is 379 g/mol. The van der Waals surface area contributed by atoms with Crippen LogP contribution in [0.2, 0.25) is 0 Å². The summed E-state index contributed by atoms with van der Waals surface area (Å²) >= 11 is 0. The summed E-state index contributed by atoms with van der Waals surface area (Å²) in [6, 6.07) is 1.96. The van der Waals surface area contributed by atoms with Crippen molar-refractivity contribution in [1.82, 2.24) is 5.32 Å². The third-order valence-corrected chi connectivity index (χ3v) is 3.13. The van der Waals surface area contributed by atoms with E-state index < -0.39 is 42.1 Å². The van der Waals surface area contributed by atoms with E-state index in [0.717, 1.165) is 12.1 Å². The highest BCUT2D eigenvalue weighted by atomic mass is 19.4. The number of nitrogen functional groups attached to an aromatic ring is 1. The molecule has 1 aromatic carbocycles. The highest BCUT2D eigenvalue weighted by molar-refractivity contribution is 5.88. The van der Waals surface area contributed by atoms with Crippen LogP contribution in [0.3, 0.4) is 0 Å². The van der Waals surface area contributed by atoms with Crippen molar-refractivity contribution in [3.63, 3.8) is 0 Å². The van der Waals surface area contributed by atoms with Gasteiger partial charge in [-0.2, -0.15) is 13.2 Å². The van der Waals surface area contributed by atoms with Crippen molar-refractivity contribution in [3.8, 4) is 0 Å². The van der Waals surface area contributed by atoms with Gasteiger partial charge in [0.15, 0.2) is 0 Å². The number of ether oxygens (including phenoxy) is 1. The molecule has 0 radical (unpaired) electrons. The van der Waals surface area contributed by atoms with Gasteiger partial charge < -0.3 is 15.8 Å². The first-order chi connectivity index (χ1) is 11.7. The highest BCUT2D eigenvalue weighted by Gasteiger charge is 2.29. The Morgan fingerprint density at radius 1 is 1.23 bits per heavy atom. The number of hydrogen-bond donors (Lipinski definition) is 3. The van der Waals surface area contributed by atoms with Crippen LogP contribution in [0.4, 0.5) is 33.7 Å². The SMILES string of the molecule is CC(C(=O)NCC(F)(F)F)c1cc(F)c(NC(=O)OC(C)(C)C)cc1N. The Morgan fingerprint density at radius 2 is 1.81 bits per heavy atom. The topological polar surface area (TPSA) is 93.5 Å². The first-order valence-corrected chi connectivity index (χ1v) is 7.63. The average Bonchev–Trinajstić information content (AvgIpc) is 2.44. The molecule has 0 aliphatic carbocycles. The number of hydrogen-bond acceptors (Lipinski definition) is 4. The van der Waals surface area contributed by atoms with E-state index >= 15 is 0 Å². The lowest BCUT2D eigenvalue weighted by Crippen LogP contribution is -2.36. The van der Waals surface area contributed by atoms with Crippen LogP contribution in [0, 0.1) is 5.82 Å². The number of carbonyl (C=O) groups is 2. The van der Waals surface area contributed by atoms with Crippen molar-refractivity contribution in [3.05, 3.63) is 23.5 Å². The molecule has 10 heteroatoms. The number of anilines is 2. The maximum absolute atomic E-state index is 14.2. The van der Waals surface area contributed by atoms with Crippen molar-refractivity contribution in [2.75, 3.05) is 17.6 Å². The molecule has 4 N–H and O–H groups in total. The molecule has 2 amide bonds. The highest BCUT2D eigenvalue weighted by Crippen LogP contribution is 2.29. The Hall–Kier alpha value is -2.52. The minimum Gasteiger partial charge on any atom is -0.444 e. The fourth-order valence-electron chi connectivity index (χ4n) is 1.97. The third kappa shape index (κ3) is 6.77. The van der Waals surface area contributed by atoms with E-state index in [1.807, 2.05) is 0 Å². The summed E-state index contributed by atoms with van der Waals surface area (Å²) < 4.78 is 55.7. The summed E-state index contributed by atoms with van der Waals surface area (Å²) in [6.45, 7) is 4.67. The molecule has 0 bridgehead atoms. The van der Waals surface area contributed by atoms with E-state index in [1.165, 1.54) is 6.92 Å². The van der Waals surface area contributed by atoms with Gasteiger partial charge in [-0.1, -0.05) is 0 Å². The van der Waals surface area contributed by atoms with E-state index in [-0.39, 0.29) is 16.9 Å². The second kappa shape index (κ2) is 7.79. The van der Waals surface area contributed by atoms with Crippen LogP contribution >= 0.6 is 0 Å². The molecule has 0 saturated heterocycles. The van der Waals surface area contributed by atoms with Gasteiger partial charge in [0.05, 0.1) is 11.6 Å². The first-order valence-electron chi connectivity index (χ1n) is 7.63. The van der Waals surface area contributed by atoms with Crippen LogP contribution in [0.5, 0.6) is 0 Å². The molecular weight excluding hydrogens is 358 g/mol. The summed E-state index contributed by atoms with van der Waals surface area (Å²) in [5.74, 6) is -2.99. The molecule has 0 spiro atoms. The van der Waals surface area contributed by atoms with Crippen LogP contribution in [-0.2, 0) is 9.53 Å². The fourth-order valence-corrected chi connectivity index (χ4v) is 1.97. The molecule has 0 saturated carbocycles. The van der Waals surface area contributed by atoms with Crippen LogP contribution in [0.1, 0.15) is 39.2 Å². The van der Waals surface area contributed by atoms with E-state index in [2.05, 4.69) is 5.32 Å². The molecule has 0 aromatic heterocycles. The number of nitrogens with two attached hydrogens (primary N) is 1. The number of alkyl halides is 3. The van der Waals surface area contributed by atoms with E-state index in [4.69, 9.17) is 10.5 Å². The largest absolute Gasteiger partial charge is 0.444 e. The third-order valence-electron chi connectivity index (χ3n) is 3.13. The van der Waals surface area contributed by atoms with Gasteiger partial charge in [-0.05, 0) is 45.4 Å². The van der Waals surface area contributed by atoms with Gasteiger partial charge in [-0.25, -0.2) is 9.18 Å². The molecule has 6 nitrogen and oxygen atoms in total. The van der Waals surface area contributed by atoms with Crippen molar-refractivity contribution in [1.29, 1.82) is 0 Å². The smallest absolute Gasteiger partial charge is 0.412 e. The van der Waals surface area contributed by atoms with Crippen molar-refractivity contribution in [2.24, 2.45) is 0 Å². The Kier molecular flexibility index (Phi) is 6.45. The van der Waals surface area contributed by atoms with Gasteiger partial charge in [-0.15, -0.1) is 0 Å². The Balaban J connectivity index is 2.92. The molecule has 0 heterocycles. The van der Waals surface area contributed by atoms with Gasteiger partial charge in [0.2, 0.25) is 5.91 Å². The Bertz CT molecular complexity index is 685. The zero-order chi connectivity index (χ0) is 20.3. The predicted octanol–water partition coefficient (Wildman–Crippen LogP) is 3.54. The quantitative estimate of drug-likeness (QED) is 0.551. The summed E-state index contributed by atoms with van der Waals surface area (Å²) in [6.07, 6.45) is -5.47. The van der Waals surface area contributed by atoms with E-state index in [0.29, 0.717) is 0 Å². The first kappa shape index (κ1) is 21.5. The molecule has 0 aliphatic rings. The number of rotatable bonds is 4. The number of amides is 2. The zero-order valence-electron chi connectivity index (χ0n) is 14.8. The molecule has 1 atom stereocenters. The van der Waals surface area contributed by atoms with Crippen LogP contribution in [-0.4, -0.2) is 30.3 Å². The number of nitrogens with one attached hydrogen (secondary N) is 2. The van der Waals surface area contributed by atoms with Crippen LogP contribution in [0.25, 0.3) is 0 Å². The summed E-state index contributed by atoms with van der Waals surface area (Å²) in [5, 5.41) is 3.89. The van der Waals surface area contributed by atoms with E-state index in [1.54, 1.807) is 26.1 Å². The van der Waals surface area contributed by atoms with Crippen molar-refractivity contribution >= 4 is 23.4 Å².